The Morgan fingerprint density at radius 3 is 2.67 bits per heavy atom. The summed E-state index contributed by atoms with van der Waals surface area (Å²) < 4.78 is 18.5. The van der Waals surface area contributed by atoms with Gasteiger partial charge < -0.3 is 15.2 Å². The van der Waals surface area contributed by atoms with E-state index >= 15 is 0 Å². The molecule has 1 aliphatic carbocycles. The summed E-state index contributed by atoms with van der Waals surface area (Å²) in [5.41, 5.74) is 0. The highest BCUT2D eigenvalue weighted by atomic mass is 19.1. The number of carboxylic acid groups (broad SMARTS) is 1. The van der Waals surface area contributed by atoms with Gasteiger partial charge in [0.1, 0.15) is 6.61 Å². The van der Waals surface area contributed by atoms with E-state index in [1.807, 2.05) is 0 Å². The Balaban J connectivity index is 1.68. The number of nitrogens with one attached hydrogen (secondary N) is 1. The second-order valence-electron chi connectivity index (χ2n) is 5.12. The fourth-order valence-electron chi connectivity index (χ4n) is 2.49. The van der Waals surface area contributed by atoms with Gasteiger partial charge in [0.15, 0.2) is 11.6 Å². The van der Waals surface area contributed by atoms with E-state index in [2.05, 4.69) is 5.32 Å². The molecule has 21 heavy (non-hydrogen) atoms. The van der Waals surface area contributed by atoms with Crippen molar-refractivity contribution in [3.05, 3.63) is 30.1 Å². The molecule has 1 fully saturated rings. The van der Waals surface area contributed by atoms with Crippen LogP contribution in [-0.4, -0.2) is 30.1 Å². The first kappa shape index (κ1) is 15.3. The number of ether oxygens (including phenoxy) is 1. The van der Waals surface area contributed by atoms with Crippen LogP contribution in [0.4, 0.5) is 4.39 Å². The minimum Gasteiger partial charge on any atom is -0.489 e. The number of aliphatic carboxylic acids is 1. The lowest BCUT2D eigenvalue weighted by Crippen LogP contribution is -2.33. The molecule has 0 saturated heterocycles. The van der Waals surface area contributed by atoms with E-state index in [1.165, 1.54) is 12.1 Å². The van der Waals surface area contributed by atoms with Gasteiger partial charge in [-0.1, -0.05) is 12.1 Å². The van der Waals surface area contributed by atoms with Gasteiger partial charge in [0, 0.05) is 5.92 Å². The summed E-state index contributed by atoms with van der Waals surface area (Å²) in [6.45, 7) is 0.434. The van der Waals surface area contributed by atoms with Crippen molar-refractivity contribution in [3.8, 4) is 5.75 Å². The number of carbonyl (C=O) groups is 2. The third-order valence-corrected chi connectivity index (χ3v) is 3.65. The standard InChI is InChI=1S/C15H18FNO4/c16-12-3-1-2-4-13(12)21-8-7-17-14(18)10-5-6-11(9-10)15(19)20/h1-4,10-11H,5-9H2,(H,17,18)(H,19,20)/t10-,11+/m0/s1. The van der Waals surface area contributed by atoms with Crippen LogP contribution >= 0.6 is 0 Å². The van der Waals surface area contributed by atoms with Crippen LogP contribution in [-0.2, 0) is 9.59 Å². The zero-order valence-corrected chi connectivity index (χ0v) is 11.5. The van der Waals surface area contributed by atoms with E-state index in [-0.39, 0.29) is 30.7 Å². The highest BCUT2D eigenvalue weighted by Gasteiger charge is 2.33. The Bertz CT molecular complexity index is 520. The smallest absolute Gasteiger partial charge is 0.306 e. The molecule has 1 aromatic carbocycles. The molecule has 0 unspecified atom stereocenters. The lowest BCUT2D eigenvalue weighted by atomic mass is 10.0. The van der Waals surface area contributed by atoms with Crippen molar-refractivity contribution in [2.45, 2.75) is 19.3 Å². The fraction of sp³-hybridized carbons (Fsp3) is 0.467. The lowest BCUT2D eigenvalue weighted by Gasteiger charge is -2.11. The first-order chi connectivity index (χ1) is 10.1. The van der Waals surface area contributed by atoms with Crippen molar-refractivity contribution in [1.82, 2.24) is 5.32 Å². The summed E-state index contributed by atoms with van der Waals surface area (Å²) in [5, 5.41) is 11.6. The Kier molecular flexibility index (Phi) is 5.14. The van der Waals surface area contributed by atoms with Gasteiger partial charge in [-0.05, 0) is 31.4 Å². The predicted octanol–water partition coefficient (Wildman–Crippen LogP) is 1.82. The van der Waals surface area contributed by atoms with Gasteiger partial charge in [-0.3, -0.25) is 9.59 Å². The number of para-hydroxylation sites is 1. The zero-order valence-electron chi connectivity index (χ0n) is 11.5. The quantitative estimate of drug-likeness (QED) is 0.785. The van der Waals surface area contributed by atoms with E-state index in [0.29, 0.717) is 19.3 Å². The first-order valence-corrected chi connectivity index (χ1v) is 6.95. The SMILES string of the molecule is O=C(O)[C@@H]1CC[C@H](C(=O)NCCOc2ccccc2F)C1. The molecule has 5 nitrogen and oxygen atoms in total. The van der Waals surface area contributed by atoms with Crippen molar-refractivity contribution in [2.24, 2.45) is 11.8 Å². The number of rotatable bonds is 6. The number of hydrogen-bond donors (Lipinski definition) is 2. The molecule has 0 aromatic heterocycles. The second kappa shape index (κ2) is 7.06. The summed E-state index contributed by atoms with van der Waals surface area (Å²) in [6, 6.07) is 6.06. The Morgan fingerprint density at radius 2 is 2.00 bits per heavy atom. The molecule has 114 valence electrons. The molecule has 0 bridgehead atoms. The molecular formula is C15H18FNO4. The number of halogens is 1. The highest BCUT2D eigenvalue weighted by molar-refractivity contribution is 5.80. The van der Waals surface area contributed by atoms with Gasteiger partial charge in [0.2, 0.25) is 5.91 Å². The van der Waals surface area contributed by atoms with E-state index in [4.69, 9.17) is 9.84 Å². The molecule has 0 heterocycles. The molecule has 1 saturated carbocycles. The summed E-state index contributed by atoms with van der Waals surface area (Å²) in [4.78, 5) is 22.7. The molecule has 6 heteroatoms. The van der Waals surface area contributed by atoms with Gasteiger partial charge in [-0.2, -0.15) is 0 Å². The number of amides is 1. The summed E-state index contributed by atoms with van der Waals surface area (Å²) >= 11 is 0. The van der Waals surface area contributed by atoms with Crippen LogP contribution in [0.5, 0.6) is 5.75 Å². The molecule has 2 rings (SSSR count). The maximum Gasteiger partial charge on any atom is 0.306 e. The normalized spacial score (nSPS) is 21.0. The van der Waals surface area contributed by atoms with Gasteiger partial charge >= 0.3 is 5.97 Å². The Labute approximate surface area is 122 Å². The molecule has 0 radical (unpaired) electrons. The molecule has 1 amide bonds. The predicted molar refractivity (Wildman–Crippen MR) is 73.4 cm³/mol. The molecule has 0 spiro atoms. The number of benzene rings is 1. The minimum atomic E-state index is -0.840. The van der Waals surface area contributed by atoms with Crippen molar-refractivity contribution in [2.75, 3.05) is 13.2 Å². The summed E-state index contributed by atoms with van der Waals surface area (Å²) in [6.07, 6.45) is 1.52. The fourth-order valence-corrected chi connectivity index (χ4v) is 2.49. The van der Waals surface area contributed by atoms with Crippen molar-refractivity contribution >= 4 is 11.9 Å². The number of carboxylic acids is 1. The minimum absolute atomic E-state index is 0.151. The van der Waals surface area contributed by atoms with Gasteiger partial charge in [-0.15, -0.1) is 0 Å². The summed E-state index contributed by atoms with van der Waals surface area (Å²) in [5.74, 6) is -1.96. The average molecular weight is 295 g/mol. The van der Waals surface area contributed by atoms with Crippen LogP contribution < -0.4 is 10.1 Å². The van der Waals surface area contributed by atoms with E-state index in [1.54, 1.807) is 12.1 Å². The van der Waals surface area contributed by atoms with Crippen LogP contribution in [0.2, 0.25) is 0 Å². The highest BCUT2D eigenvalue weighted by Crippen LogP contribution is 2.31. The van der Waals surface area contributed by atoms with Crippen LogP contribution in [0, 0.1) is 17.7 Å². The number of hydrogen-bond acceptors (Lipinski definition) is 3. The Hall–Kier alpha value is -2.11. The van der Waals surface area contributed by atoms with Crippen molar-refractivity contribution in [3.63, 3.8) is 0 Å². The van der Waals surface area contributed by atoms with Crippen LogP contribution in [0.1, 0.15) is 19.3 Å². The maximum atomic E-state index is 13.3. The summed E-state index contributed by atoms with van der Waals surface area (Å²) in [7, 11) is 0. The van der Waals surface area contributed by atoms with Crippen LogP contribution in [0.15, 0.2) is 24.3 Å². The van der Waals surface area contributed by atoms with E-state index in [9.17, 15) is 14.0 Å². The van der Waals surface area contributed by atoms with Gasteiger partial charge in [0.05, 0.1) is 12.5 Å². The number of carbonyl (C=O) groups excluding carboxylic acids is 1. The van der Waals surface area contributed by atoms with Gasteiger partial charge in [-0.25, -0.2) is 4.39 Å². The molecule has 1 aromatic rings. The third-order valence-electron chi connectivity index (χ3n) is 3.65. The van der Waals surface area contributed by atoms with Crippen LogP contribution in [0.25, 0.3) is 0 Å². The van der Waals surface area contributed by atoms with Crippen molar-refractivity contribution < 1.29 is 23.8 Å². The topological polar surface area (TPSA) is 75.6 Å². The molecule has 2 atom stereocenters. The lowest BCUT2D eigenvalue weighted by molar-refractivity contribution is -0.141. The second-order valence-corrected chi connectivity index (χ2v) is 5.12. The van der Waals surface area contributed by atoms with Crippen molar-refractivity contribution in [1.29, 1.82) is 0 Å². The van der Waals surface area contributed by atoms with E-state index < -0.39 is 17.7 Å². The molecular weight excluding hydrogens is 277 g/mol. The molecule has 0 aliphatic heterocycles. The van der Waals surface area contributed by atoms with Gasteiger partial charge in [0.25, 0.3) is 0 Å². The Morgan fingerprint density at radius 1 is 1.29 bits per heavy atom. The molecule has 2 N–H and O–H groups in total. The monoisotopic (exact) mass is 295 g/mol. The average Bonchev–Trinajstić information content (AvgIpc) is 2.95. The maximum absolute atomic E-state index is 13.3. The first-order valence-electron chi connectivity index (χ1n) is 6.95. The van der Waals surface area contributed by atoms with E-state index in [0.717, 1.165) is 0 Å². The largest absolute Gasteiger partial charge is 0.489 e. The molecule has 1 aliphatic rings. The zero-order chi connectivity index (χ0) is 15.2. The van der Waals surface area contributed by atoms with Crippen LogP contribution in [0.3, 0.4) is 0 Å². The third kappa shape index (κ3) is 4.18.